The third-order valence-corrected chi connectivity index (χ3v) is 4.07. The van der Waals surface area contributed by atoms with Gasteiger partial charge in [0, 0.05) is 16.6 Å². The maximum atomic E-state index is 11.3. The number of halogens is 1. The standard InChI is InChI=1S/C14H16BrNO3/c1-8(4-14(18)19)2-3-9-5-10-6-13(17)16-12(10)7-11(9)15/h5,7-8H,2-4,6H2,1H3,(H,16,17)(H,18,19). The monoisotopic (exact) mass is 325 g/mol. The topological polar surface area (TPSA) is 66.4 Å². The molecule has 1 aromatic rings. The van der Waals surface area contributed by atoms with Crippen LogP contribution in [0.25, 0.3) is 0 Å². The van der Waals surface area contributed by atoms with Gasteiger partial charge in [0.2, 0.25) is 5.91 Å². The van der Waals surface area contributed by atoms with E-state index in [9.17, 15) is 9.59 Å². The van der Waals surface area contributed by atoms with E-state index in [0.29, 0.717) is 6.42 Å². The molecule has 0 aliphatic carbocycles. The predicted octanol–water partition coefficient (Wildman–Crippen LogP) is 2.99. The van der Waals surface area contributed by atoms with Gasteiger partial charge in [0.25, 0.3) is 0 Å². The molecule has 19 heavy (non-hydrogen) atoms. The van der Waals surface area contributed by atoms with E-state index in [-0.39, 0.29) is 18.2 Å². The average molecular weight is 326 g/mol. The molecule has 0 fully saturated rings. The molecule has 1 aliphatic rings. The zero-order valence-electron chi connectivity index (χ0n) is 10.7. The second-order valence-corrected chi connectivity index (χ2v) is 5.92. The van der Waals surface area contributed by atoms with Crippen LogP contribution >= 0.6 is 15.9 Å². The highest BCUT2D eigenvalue weighted by Gasteiger charge is 2.19. The van der Waals surface area contributed by atoms with Gasteiger partial charge < -0.3 is 10.4 Å². The Morgan fingerprint density at radius 1 is 1.53 bits per heavy atom. The number of amides is 1. The Kier molecular flexibility index (Phi) is 4.24. The largest absolute Gasteiger partial charge is 0.481 e. The van der Waals surface area contributed by atoms with Crippen molar-refractivity contribution in [2.45, 2.75) is 32.6 Å². The van der Waals surface area contributed by atoms with Crippen molar-refractivity contribution in [1.82, 2.24) is 0 Å². The summed E-state index contributed by atoms with van der Waals surface area (Å²) in [5.41, 5.74) is 3.03. The van der Waals surface area contributed by atoms with E-state index in [1.165, 1.54) is 0 Å². The minimum atomic E-state index is -0.754. The molecule has 2 N–H and O–H groups in total. The van der Waals surface area contributed by atoms with Crippen molar-refractivity contribution in [2.24, 2.45) is 5.92 Å². The number of nitrogens with one attached hydrogen (secondary N) is 1. The zero-order valence-corrected chi connectivity index (χ0v) is 12.3. The fourth-order valence-corrected chi connectivity index (χ4v) is 2.83. The molecule has 0 saturated heterocycles. The van der Waals surface area contributed by atoms with E-state index in [1.54, 1.807) is 0 Å². The average Bonchev–Trinajstić information content (AvgIpc) is 2.64. The number of carboxylic acids is 1. The molecule has 1 aromatic carbocycles. The van der Waals surface area contributed by atoms with Crippen molar-refractivity contribution in [1.29, 1.82) is 0 Å². The van der Waals surface area contributed by atoms with Crippen LogP contribution in [0.3, 0.4) is 0 Å². The Balaban J connectivity index is 2.03. The fraction of sp³-hybridized carbons (Fsp3) is 0.429. The van der Waals surface area contributed by atoms with Crippen molar-refractivity contribution in [3.8, 4) is 0 Å². The van der Waals surface area contributed by atoms with Crippen LogP contribution in [0.5, 0.6) is 0 Å². The molecule has 1 aliphatic heterocycles. The van der Waals surface area contributed by atoms with Crippen LogP contribution in [-0.4, -0.2) is 17.0 Å². The van der Waals surface area contributed by atoms with Crippen molar-refractivity contribution in [3.63, 3.8) is 0 Å². The SMILES string of the molecule is CC(CCc1cc2c(cc1Br)NC(=O)C2)CC(=O)O. The number of carbonyl (C=O) groups excluding carboxylic acids is 1. The number of aryl methyl sites for hydroxylation is 1. The third-order valence-electron chi connectivity index (χ3n) is 3.33. The lowest BCUT2D eigenvalue weighted by atomic mass is 9.97. The molecule has 0 aromatic heterocycles. The van der Waals surface area contributed by atoms with Crippen LogP contribution in [0.15, 0.2) is 16.6 Å². The maximum Gasteiger partial charge on any atom is 0.303 e. The van der Waals surface area contributed by atoms with Crippen molar-refractivity contribution in [3.05, 3.63) is 27.7 Å². The van der Waals surface area contributed by atoms with E-state index in [0.717, 1.165) is 34.1 Å². The predicted molar refractivity (Wildman–Crippen MR) is 76.2 cm³/mol. The number of hydrogen-bond acceptors (Lipinski definition) is 2. The molecule has 0 radical (unpaired) electrons. The molecule has 4 nitrogen and oxygen atoms in total. The number of aliphatic carboxylic acids is 1. The van der Waals surface area contributed by atoms with Gasteiger partial charge >= 0.3 is 5.97 Å². The smallest absolute Gasteiger partial charge is 0.303 e. The number of anilines is 1. The van der Waals surface area contributed by atoms with E-state index in [1.807, 2.05) is 19.1 Å². The van der Waals surface area contributed by atoms with Crippen molar-refractivity contribution < 1.29 is 14.7 Å². The number of carboxylic acid groups (broad SMARTS) is 1. The Labute approximate surface area is 120 Å². The van der Waals surface area contributed by atoms with Crippen LogP contribution in [0.4, 0.5) is 5.69 Å². The Morgan fingerprint density at radius 3 is 2.95 bits per heavy atom. The highest BCUT2D eigenvalue weighted by molar-refractivity contribution is 9.10. The molecule has 102 valence electrons. The first-order valence-corrected chi connectivity index (χ1v) is 7.08. The minimum absolute atomic E-state index is 0.0262. The van der Waals surface area contributed by atoms with Gasteiger partial charge in [0.1, 0.15) is 0 Å². The first kappa shape index (κ1) is 14.1. The molecule has 1 unspecified atom stereocenters. The van der Waals surface area contributed by atoms with E-state index >= 15 is 0 Å². The molecule has 2 rings (SSSR count). The second-order valence-electron chi connectivity index (χ2n) is 5.07. The van der Waals surface area contributed by atoms with E-state index in [2.05, 4.69) is 21.2 Å². The fourth-order valence-electron chi connectivity index (χ4n) is 2.29. The van der Waals surface area contributed by atoms with Crippen molar-refractivity contribution >= 4 is 33.5 Å². The summed E-state index contributed by atoms with van der Waals surface area (Å²) < 4.78 is 0.968. The summed E-state index contributed by atoms with van der Waals surface area (Å²) in [5, 5.41) is 11.5. The van der Waals surface area contributed by atoms with Gasteiger partial charge in [-0.2, -0.15) is 0 Å². The van der Waals surface area contributed by atoms with Crippen LogP contribution in [0.2, 0.25) is 0 Å². The summed E-state index contributed by atoms with van der Waals surface area (Å²) in [6.07, 6.45) is 2.27. The van der Waals surface area contributed by atoms with Crippen molar-refractivity contribution in [2.75, 3.05) is 5.32 Å². The van der Waals surface area contributed by atoms with Gasteiger partial charge in [-0.25, -0.2) is 0 Å². The molecular formula is C14H16BrNO3. The van der Waals surface area contributed by atoms with Gasteiger partial charge in [0.15, 0.2) is 0 Å². The van der Waals surface area contributed by atoms with Gasteiger partial charge in [0.05, 0.1) is 6.42 Å². The van der Waals surface area contributed by atoms with Gasteiger partial charge in [-0.05, 0) is 36.0 Å². The number of benzene rings is 1. The highest BCUT2D eigenvalue weighted by atomic mass is 79.9. The molecule has 1 atom stereocenters. The second kappa shape index (κ2) is 5.74. The molecule has 5 heteroatoms. The van der Waals surface area contributed by atoms with Gasteiger partial charge in [-0.3, -0.25) is 9.59 Å². The highest BCUT2D eigenvalue weighted by Crippen LogP contribution is 2.31. The summed E-state index contributed by atoms with van der Waals surface area (Å²) in [4.78, 5) is 21.9. The molecule has 1 heterocycles. The summed E-state index contributed by atoms with van der Waals surface area (Å²) >= 11 is 3.50. The summed E-state index contributed by atoms with van der Waals surface area (Å²) in [6, 6.07) is 3.96. The maximum absolute atomic E-state index is 11.3. The first-order valence-electron chi connectivity index (χ1n) is 6.28. The molecule has 0 bridgehead atoms. The number of rotatable bonds is 5. The lowest BCUT2D eigenvalue weighted by Gasteiger charge is -2.11. The lowest BCUT2D eigenvalue weighted by Crippen LogP contribution is -2.05. The minimum Gasteiger partial charge on any atom is -0.481 e. The summed E-state index contributed by atoms with van der Waals surface area (Å²) in [5.74, 6) is -0.578. The Morgan fingerprint density at radius 2 is 2.26 bits per heavy atom. The molecule has 0 saturated carbocycles. The van der Waals surface area contributed by atoms with E-state index in [4.69, 9.17) is 5.11 Å². The number of fused-ring (bicyclic) bond motifs is 1. The third kappa shape index (κ3) is 3.56. The first-order chi connectivity index (χ1) is 8.95. The van der Waals surface area contributed by atoms with Crippen LogP contribution in [0, 0.1) is 5.92 Å². The van der Waals surface area contributed by atoms with Gasteiger partial charge in [-0.1, -0.05) is 28.9 Å². The summed E-state index contributed by atoms with van der Waals surface area (Å²) in [7, 11) is 0. The van der Waals surface area contributed by atoms with Crippen LogP contribution in [0.1, 0.15) is 30.9 Å². The van der Waals surface area contributed by atoms with Gasteiger partial charge in [-0.15, -0.1) is 0 Å². The lowest BCUT2D eigenvalue weighted by molar-refractivity contribution is -0.138. The Hall–Kier alpha value is -1.36. The normalized spacial score (nSPS) is 14.9. The van der Waals surface area contributed by atoms with Crippen LogP contribution in [-0.2, 0) is 22.4 Å². The van der Waals surface area contributed by atoms with E-state index < -0.39 is 5.97 Å². The Bertz CT molecular complexity index is 528. The zero-order chi connectivity index (χ0) is 14.0. The molecular weight excluding hydrogens is 310 g/mol. The number of hydrogen-bond donors (Lipinski definition) is 2. The number of carbonyl (C=O) groups is 2. The molecule has 1 amide bonds. The summed E-state index contributed by atoms with van der Waals surface area (Å²) in [6.45, 7) is 1.94. The van der Waals surface area contributed by atoms with Crippen LogP contribution < -0.4 is 5.32 Å². The molecule has 0 spiro atoms. The quantitative estimate of drug-likeness (QED) is 0.874.